The summed E-state index contributed by atoms with van der Waals surface area (Å²) in [6.07, 6.45) is -0.0888. The van der Waals surface area contributed by atoms with Gasteiger partial charge >= 0.3 is 5.97 Å². The quantitative estimate of drug-likeness (QED) is 0.518. The van der Waals surface area contributed by atoms with Crippen LogP contribution in [0.5, 0.6) is 0 Å². The Morgan fingerprint density at radius 1 is 1.07 bits per heavy atom. The SMILES string of the molecule is Cc1cc(C)nc(NS(=O)(=O)c2ccc(Nc3nc(C)c(CC(=O)O)s3)cc2)n1. The van der Waals surface area contributed by atoms with E-state index >= 15 is 0 Å². The zero-order chi connectivity index (χ0) is 21.2. The van der Waals surface area contributed by atoms with E-state index in [4.69, 9.17) is 5.11 Å². The summed E-state index contributed by atoms with van der Waals surface area (Å²) in [4.78, 5) is 24.1. The van der Waals surface area contributed by atoms with Crippen molar-refractivity contribution in [3.63, 3.8) is 0 Å². The molecule has 11 heteroatoms. The van der Waals surface area contributed by atoms with E-state index in [1.807, 2.05) is 0 Å². The number of aliphatic carboxylic acids is 1. The fourth-order valence-corrected chi connectivity index (χ4v) is 4.49. The number of sulfonamides is 1. The van der Waals surface area contributed by atoms with E-state index in [-0.39, 0.29) is 17.3 Å². The van der Waals surface area contributed by atoms with Gasteiger partial charge in [-0.2, -0.15) is 0 Å². The molecule has 1 aromatic carbocycles. The van der Waals surface area contributed by atoms with E-state index in [0.29, 0.717) is 32.8 Å². The van der Waals surface area contributed by atoms with Gasteiger partial charge in [-0.05, 0) is 51.1 Å². The molecular weight excluding hydrogens is 414 g/mol. The molecule has 0 saturated heterocycles. The normalized spacial score (nSPS) is 11.3. The van der Waals surface area contributed by atoms with Crippen molar-refractivity contribution in [1.29, 1.82) is 0 Å². The first-order valence-corrected chi connectivity index (χ1v) is 10.8. The molecule has 0 fully saturated rings. The maximum Gasteiger partial charge on any atom is 0.308 e. The third kappa shape index (κ3) is 5.27. The van der Waals surface area contributed by atoms with Crippen molar-refractivity contribution < 1.29 is 18.3 Å². The second-order valence-electron chi connectivity index (χ2n) is 6.33. The number of thiazole rings is 1. The molecule has 0 aliphatic heterocycles. The maximum absolute atomic E-state index is 12.6. The molecule has 0 saturated carbocycles. The number of nitrogens with one attached hydrogen (secondary N) is 2. The predicted octanol–water partition coefficient (Wildman–Crippen LogP) is 3.03. The number of carbonyl (C=O) groups is 1. The first-order valence-electron chi connectivity index (χ1n) is 8.53. The zero-order valence-corrected chi connectivity index (χ0v) is 17.6. The van der Waals surface area contributed by atoms with E-state index in [0.717, 1.165) is 0 Å². The number of nitrogens with zero attached hydrogens (tertiary/aromatic N) is 3. The van der Waals surface area contributed by atoms with Gasteiger partial charge in [-0.15, -0.1) is 11.3 Å². The number of anilines is 3. The minimum absolute atomic E-state index is 0.0222. The van der Waals surface area contributed by atoms with Crippen molar-refractivity contribution in [3.8, 4) is 0 Å². The van der Waals surface area contributed by atoms with Crippen molar-refractivity contribution in [2.24, 2.45) is 0 Å². The van der Waals surface area contributed by atoms with Crippen LogP contribution >= 0.6 is 11.3 Å². The molecule has 3 N–H and O–H groups in total. The molecule has 29 heavy (non-hydrogen) atoms. The predicted molar refractivity (Wildman–Crippen MR) is 110 cm³/mol. The molecule has 152 valence electrons. The highest BCUT2D eigenvalue weighted by atomic mass is 32.2. The third-order valence-corrected chi connectivity index (χ3v) is 6.25. The number of rotatable bonds is 7. The van der Waals surface area contributed by atoms with Gasteiger partial charge < -0.3 is 10.4 Å². The number of aromatic nitrogens is 3. The van der Waals surface area contributed by atoms with Crippen LogP contribution in [-0.4, -0.2) is 34.4 Å². The monoisotopic (exact) mass is 433 g/mol. The van der Waals surface area contributed by atoms with Crippen LogP contribution in [0.4, 0.5) is 16.8 Å². The summed E-state index contributed by atoms with van der Waals surface area (Å²) < 4.78 is 27.5. The number of hydrogen-bond acceptors (Lipinski definition) is 8. The van der Waals surface area contributed by atoms with E-state index in [9.17, 15) is 13.2 Å². The van der Waals surface area contributed by atoms with Gasteiger partial charge in [-0.3, -0.25) is 4.79 Å². The lowest BCUT2D eigenvalue weighted by Crippen LogP contribution is -2.15. The van der Waals surface area contributed by atoms with Gasteiger partial charge in [0, 0.05) is 22.0 Å². The van der Waals surface area contributed by atoms with Crippen LogP contribution in [0.25, 0.3) is 0 Å². The number of hydrogen-bond donors (Lipinski definition) is 3. The Morgan fingerprint density at radius 2 is 1.69 bits per heavy atom. The molecule has 3 aromatic rings. The van der Waals surface area contributed by atoms with Gasteiger partial charge in [0.25, 0.3) is 10.0 Å². The molecule has 0 amide bonds. The molecule has 2 heterocycles. The Labute approximate surface area is 171 Å². The van der Waals surface area contributed by atoms with Gasteiger partial charge in [0.1, 0.15) is 0 Å². The van der Waals surface area contributed by atoms with Crippen molar-refractivity contribution in [1.82, 2.24) is 15.0 Å². The lowest BCUT2D eigenvalue weighted by atomic mass is 10.3. The smallest absolute Gasteiger partial charge is 0.308 e. The average molecular weight is 434 g/mol. The second-order valence-corrected chi connectivity index (χ2v) is 9.09. The first kappa shape index (κ1) is 20.7. The van der Waals surface area contributed by atoms with Crippen molar-refractivity contribution >= 4 is 44.1 Å². The number of carboxylic acids is 1. The fraction of sp³-hybridized carbons (Fsp3) is 0.222. The third-order valence-electron chi connectivity index (χ3n) is 3.83. The van der Waals surface area contributed by atoms with Crippen LogP contribution in [-0.2, 0) is 21.2 Å². The van der Waals surface area contributed by atoms with Gasteiger partial charge in [0.05, 0.1) is 17.0 Å². The number of carboxylic acid groups (broad SMARTS) is 1. The zero-order valence-electron chi connectivity index (χ0n) is 15.9. The summed E-state index contributed by atoms with van der Waals surface area (Å²) in [5.74, 6) is -0.896. The molecule has 0 radical (unpaired) electrons. The molecule has 0 spiro atoms. The number of benzene rings is 1. The van der Waals surface area contributed by atoms with E-state index in [2.05, 4.69) is 25.0 Å². The molecule has 0 aliphatic rings. The standard InChI is InChI=1S/C18H19N5O4S2/c1-10-8-11(2)20-17(19-10)23-29(26,27)14-6-4-13(5-7-14)22-18-21-12(3)15(28-18)9-16(24)25/h4-8H,9H2,1-3H3,(H,21,22)(H,24,25)(H,19,20,23). The first-order chi connectivity index (χ1) is 13.6. The molecule has 0 aliphatic carbocycles. The van der Waals surface area contributed by atoms with E-state index < -0.39 is 16.0 Å². The minimum atomic E-state index is -3.83. The van der Waals surface area contributed by atoms with Gasteiger partial charge in [0.2, 0.25) is 5.95 Å². The summed E-state index contributed by atoms with van der Waals surface area (Å²) in [6, 6.07) is 7.85. The molecule has 0 atom stereocenters. The topological polar surface area (TPSA) is 134 Å². The Bertz CT molecular complexity index is 1140. The molecule has 3 rings (SSSR count). The fourth-order valence-electron chi connectivity index (χ4n) is 2.57. The summed E-state index contributed by atoms with van der Waals surface area (Å²) in [6.45, 7) is 5.26. The molecule has 0 bridgehead atoms. The second kappa shape index (κ2) is 8.13. The largest absolute Gasteiger partial charge is 0.481 e. The summed E-state index contributed by atoms with van der Waals surface area (Å²) in [7, 11) is -3.83. The van der Waals surface area contributed by atoms with Crippen molar-refractivity contribution in [2.45, 2.75) is 32.1 Å². The maximum atomic E-state index is 12.6. The highest BCUT2D eigenvalue weighted by Crippen LogP contribution is 2.27. The molecule has 2 aromatic heterocycles. The van der Waals surface area contributed by atoms with Crippen LogP contribution in [0.15, 0.2) is 35.2 Å². The lowest BCUT2D eigenvalue weighted by Gasteiger charge is -2.09. The van der Waals surface area contributed by atoms with E-state index in [1.54, 1.807) is 39.0 Å². The highest BCUT2D eigenvalue weighted by molar-refractivity contribution is 7.92. The van der Waals surface area contributed by atoms with Crippen LogP contribution in [0, 0.1) is 20.8 Å². The van der Waals surface area contributed by atoms with Crippen LogP contribution < -0.4 is 10.0 Å². The van der Waals surface area contributed by atoms with Gasteiger partial charge in [-0.25, -0.2) is 28.1 Å². The highest BCUT2D eigenvalue weighted by Gasteiger charge is 2.16. The van der Waals surface area contributed by atoms with Crippen LogP contribution in [0.1, 0.15) is 22.0 Å². The Balaban J connectivity index is 1.74. The molecule has 9 nitrogen and oxygen atoms in total. The summed E-state index contributed by atoms with van der Waals surface area (Å²) >= 11 is 1.25. The summed E-state index contributed by atoms with van der Waals surface area (Å²) in [5.41, 5.74) is 2.60. The van der Waals surface area contributed by atoms with Crippen LogP contribution in [0.3, 0.4) is 0 Å². The van der Waals surface area contributed by atoms with Gasteiger partial charge in [-0.1, -0.05) is 0 Å². The number of aryl methyl sites for hydroxylation is 3. The Kier molecular flexibility index (Phi) is 5.80. The Morgan fingerprint density at radius 3 is 2.28 bits per heavy atom. The lowest BCUT2D eigenvalue weighted by molar-refractivity contribution is -0.136. The summed E-state index contributed by atoms with van der Waals surface area (Å²) in [5, 5.41) is 12.5. The van der Waals surface area contributed by atoms with E-state index in [1.165, 1.54) is 23.5 Å². The van der Waals surface area contributed by atoms with Crippen LogP contribution in [0.2, 0.25) is 0 Å². The van der Waals surface area contributed by atoms with Crippen molar-refractivity contribution in [3.05, 3.63) is 52.3 Å². The Hall–Kier alpha value is -3.05. The minimum Gasteiger partial charge on any atom is -0.481 e. The average Bonchev–Trinajstić information content (AvgIpc) is 2.92. The molecular formula is C18H19N5O4S2. The van der Waals surface area contributed by atoms with Gasteiger partial charge in [0.15, 0.2) is 5.13 Å². The molecule has 0 unspecified atom stereocenters. The van der Waals surface area contributed by atoms with Crippen molar-refractivity contribution in [2.75, 3.05) is 10.0 Å².